The molecule has 2 aromatic rings. The molecule has 2 amide bonds. The first-order valence-electron chi connectivity index (χ1n) is 17.5. The van der Waals surface area contributed by atoms with E-state index in [-0.39, 0.29) is 37.5 Å². The van der Waals surface area contributed by atoms with Crippen molar-refractivity contribution >= 4 is 53.1 Å². The summed E-state index contributed by atoms with van der Waals surface area (Å²) in [5, 5.41) is 17.0. The molecular weight excluding hydrogens is 724 g/mol. The molecule has 0 aromatic heterocycles. The molecule has 0 radical (unpaired) electrons. The lowest BCUT2D eigenvalue weighted by Crippen LogP contribution is -2.51. The molecular formula is C39H51ClN2O10S. The van der Waals surface area contributed by atoms with Gasteiger partial charge in [-0.25, -0.2) is 4.79 Å². The van der Waals surface area contributed by atoms with E-state index >= 15 is 0 Å². The van der Waals surface area contributed by atoms with Crippen LogP contribution in [0.4, 0.5) is 0 Å². The predicted octanol–water partition coefficient (Wildman–Crippen LogP) is 4.99. The number of hydrogen-bond donors (Lipinski definition) is 3. The van der Waals surface area contributed by atoms with Gasteiger partial charge in [-0.15, -0.1) is 11.8 Å². The van der Waals surface area contributed by atoms with E-state index < -0.39 is 70.7 Å². The zero-order chi connectivity index (χ0) is 39.3. The quantitative estimate of drug-likeness (QED) is 0.196. The van der Waals surface area contributed by atoms with Gasteiger partial charge in [-0.05, 0) is 55.5 Å². The standard InChI is InChI=1S/C39H51ClN2O10S/c1-23(2)18-31-37(47)51-29(24(3)34(45)35(53-21-33(44)50-7)26-12-9-8-10-13-26)14-11-15-32(43)42-28(20-25-16-17-30(49-6)27(40)19-25)36(46)41-22-39(4,5)38(48)52-31/h8-13,15-17,19,23-24,28-29,31,34-35,45H,14,18,20-22H2,1-7H3,(H,41,46)(H,42,43)/b15-11+/t24-,28?,29-,31-,34+,35-/m0/s1. The highest BCUT2D eigenvalue weighted by atomic mass is 35.5. The molecule has 53 heavy (non-hydrogen) atoms. The Balaban J connectivity index is 2.00. The molecule has 2 aromatic carbocycles. The van der Waals surface area contributed by atoms with Crippen molar-refractivity contribution in [3.8, 4) is 5.75 Å². The van der Waals surface area contributed by atoms with Gasteiger partial charge < -0.3 is 34.7 Å². The molecule has 0 saturated carbocycles. The van der Waals surface area contributed by atoms with E-state index in [1.165, 1.54) is 38.1 Å². The summed E-state index contributed by atoms with van der Waals surface area (Å²) in [5.41, 5.74) is 0.118. The number of methoxy groups -OCH3 is 2. The number of hydrogen-bond acceptors (Lipinski definition) is 11. The molecule has 1 aliphatic rings. The number of carbonyl (C=O) groups is 5. The molecule has 1 heterocycles. The zero-order valence-corrected chi connectivity index (χ0v) is 32.8. The molecule has 290 valence electrons. The summed E-state index contributed by atoms with van der Waals surface area (Å²) in [5.74, 6) is -3.55. The van der Waals surface area contributed by atoms with E-state index in [1.54, 1.807) is 39.0 Å². The fourth-order valence-electron chi connectivity index (χ4n) is 5.57. The normalized spacial score (nSPS) is 22.3. The summed E-state index contributed by atoms with van der Waals surface area (Å²) in [7, 11) is 2.77. The molecule has 0 fully saturated rings. The number of ether oxygens (including phenoxy) is 4. The van der Waals surface area contributed by atoms with Crippen LogP contribution >= 0.6 is 23.4 Å². The summed E-state index contributed by atoms with van der Waals surface area (Å²) in [4.78, 5) is 66.3. The minimum atomic E-state index is -1.28. The number of amides is 2. The van der Waals surface area contributed by atoms with Gasteiger partial charge in [0, 0.05) is 25.3 Å². The highest BCUT2D eigenvalue weighted by Crippen LogP contribution is 2.37. The van der Waals surface area contributed by atoms with Crippen LogP contribution in [0.15, 0.2) is 60.7 Å². The number of aliphatic hydroxyl groups is 1. The Morgan fingerprint density at radius 2 is 1.75 bits per heavy atom. The van der Waals surface area contributed by atoms with Crippen LogP contribution in [0, 0.1) is 17.3 Å². The average molecular weight is 775 g/mol. The van der Waals surface area contributed by atoms with Crippen LogP contribution in [-0.2, 0) is 44.6 Å². The fraction of sp³-hybridized carbons (Fsp3) is 0.513. The first-order chi connectivity index (χ1) is 25.1. The van der Waals surface area contributed by atoms with Gasteiger partial charge in [0.15, 0.2) is 6.10 Å². The minimum absolute atomic E-state index is 0.0145. The highest BCUT2D eigenvalue weighted by molar-refractivity contribution is 8.00. The Morgan fingerprint density at radius 1 is 1.06 bits per heavy atom. The SMILES string of the molecule is COC(=O)CS[C@@H](c1ccccc1)[C@H](O)[C@@H](C)[C@@H]1C/C=C/C(=O)NC(Cc2ccc(OC)c(Cl)c2)C(=O)NCC(C)(C)C(=O)O[C@@H](CC(C)C)C(=O)O1. The van der Waals surface area contributed by atoms with Crippen molar-refractivity contribution in [3.05, 3.63) is 76.8 Å². The maximum absolute atomic E-state index is 13.8. The number of cyclic esters (lactones) is 2. The van der Waals surface area contributed by atoms with Gasteiger partial charge in [0.25, 0.3) is 0 Å². The van der Waals surface area contributed by atoms with Crippen molar-refractivity contribution in [2.75, 3.05) is 26.5 Å². The first-order valence-corrected chi connectivity index (χ1v) is 18.9. The summed E-state index contributed by atoms with van der Waals surface area (Å²) in [6, 6.07) is 13.1. The Kier molecular flexibility index (Phi) is 16.7. The second kappa shape index (κ2) is 20.4. The van der Waals surface area contributed by atoms with Crippen LogP contribution in [0.1, 0.15) is 63.8 Å². The number of halogens is 1. The molecule has 0 spiro atoms. The molecule has 0 saturated heterocycles. The van der Waals surface area contributed by atoms with Gasteiger partial charge in [0.05, 0.1) is 41.8 Å². The van der Waals surface area contributed by atoms with E-state index in [0.29, 0.717) is 16.3 Å². The van der Waals surface area contributed by atoms with E-state index in [1.807, 2.05) is 44.2 Å². The number of esters is 3. The maximum Gasteiger partial charge on any atom is 0.347 e. The Morgan fingerprint density at radius 3 is 2.38 bits per heavy atom. The van der Waals surface area contributed by atoms with Crippen molar-refractivity contribution in [3.63, 3.8) is 0 Å². The zero-order valence-electron chi connectivity index (χ0n) is 31.3. The highest BCUT2D eigenvalue weighted by Gasteiger charge is 2.39. The van der Waals surface area contributed by atoms with Crippen molar-refractivity contribution in [2.24, 2.45) is 17.3 Å². The van der Waals surface area contributed by atoms with E-state index in [2.05, 4.69) is 10.6 Å². The fourth-order valence-corrected chi connectivity index (χ4v) is 7.07. The minimum Gasteiger partial charge on any atom is -0.495 e. The Bertz CT molecular complexity index is 1600. The molecule has 1 aliphatic heterocycles. The van der Waals surface area contributed by atoms with Crippen molar-refractivity contribution in [1.29, 1.82) is 0 Å². The summed E-state index contributed by atoms with van der Waals surface area (Å²) in [6.07, 6.45) is -0.479. The number of carbonyl (C=O) groups excluding carboxylic acids is 5. The van der Waals surface area contributed by atoms with Crippen LogP contribution in [0.3, 0.4) is 0 Å². The smallest absolute Gasteiger partial charge is 0.347 e. The van der Waals surface area contributed by atoms with Crippen LogP contribution in [0.5, 0.6) is 5.75 Å². The molecule has 0 bridgehead atoms. The topological polar surface area (TPSA) is 167 Å². The third kappa shape index (κ3) is 13.1. The number of thioether (sulfide) groups is 1. The number of aliphatic hydroxyl groups excluding tert-OH is 1. The van der Waals surface area contributed by atoms with Crippen LogP contribution in [0.2, 0.25) is 5.02 Å². The van der Waals surface area contributed by atoms with Gasteiger partial charge in [0.1, 0.15) is 17.9 Å². The van der Waals surface area contributed by atoms with E-state index in [0.717, 1.165) is 5.56 Å². The maximum atomic E-state index is 13.8. The molecule has 1 unspecified atom stereocenters. The largest absolute Gasteiger partial charge is 0.495 e. The summed E-state index contributed by atoms with van der Waals surface area (Å²) in [6.45, 7) is 8.44. The summed E-state index contributed by atoms with van der Waals surface area (Å²) >= 11 is 7.51. The third-order valence-corrected chi connectivity index (χ3v) is 10.4. The van der Waals surface area contributed by atoms with Gasteiger partial charge in [0.2, 0.25) is 11.8 Å². The molecule has 3 N–H and O–H groups in total. The number of benzene rings is 2. The van der Waals surface area contributed by atoms with Crippen LogP contribution < -0.4 is 15.4 Å². The molecule has 6 atom stereocenters. The Hall–Kier alpha value is -4.07. The average Bonchev–Trinajstić information content (AvgIpc) is 3.12. The first kappa shape index (κ1) is 43.3. The van der Waals surface area contributed by atoms with E-state index in [9.17, 15) is 29.1 Å². The number of rotatable bonds is 12. The van der Waals surface area contributed by atoms with Crippen molar-refractivity contribution in [2.45, 2.75) is 83.5 Å². The summed E-state index contributed by atoms with van der Waals surface area (Å²) < 4.78 is 21.9. The second-order valence-electron chi connectivity index (χ2n) is 14.0. The molecule has 0 aliphatic carbocycles. The van der Waals surface area contributed by atoms with Gasteiger partial charge in [-0.1, -0.05) is 74.8 Å². The third-order valence-electron chi connectivity index (χ3n) is 8.82. The molecule has 3 rings (SSSR count). The van der Waals surface area contributed by atoms with Crippen LogP contribution in [-0.4, -0.2) is 85.7 Å². The predicted molar refractivity (Wildman–Crippen MR) is 202 cm³/mol. The number of nitrogens with one attached hydrogen (secondary N) is 2. The lowest BCUT2D eigenvalue weighted by atomic mass is 9.90. The molecule has 14 heteroatoms. The van der Waals surface area contributed by atoms with E-state index in [4.69, 9.17) is 30.5 Å². The second-order valence-corrected chi connectivity index (χ2v) is 15.6. The van der Waals surface area contributed by atoms with Crippen molar-refractivity contribution < 1.29 is 48.0 Å². The van der Waals surface area contributed by atoms with Crippen molar-refractivity contribution in [1.82, 2.24) is 10.6 Å². The monoisotopic (exact) mass is 774 g/mol. The Labute approximate surface area is 320 Å². The van der Waals surface area contributed by atoms with Crippen LogP contribution in [0.25, 0.3) is 0 Å². The van der Waals surface area contributed by atoms with Gasteiger partial charge in [-0.2, -0.15) is 0 Å². The molecule has 12 nitrogen and oxygen atoms in total. The van der Waals surface area contributed by atoms with Gasteiger partial charge >= 0.3 is 17.9 Å². The lowest BCUT2D eigenvalue weighted by molar-refractivity contribution is -0.180. The van der Waals surface area contributed by atoms with Gasteiger partial charge in [-0.3, -0.25) is 19.2 Å². The lowest BCUT2D eigenvalue weighted by Gasteiger charge is -2.33.